The number of aryl methyl sites for hydroxylation is 1. The van der Waals surface area contributed by atoms with Gasteiger partial charge in [-0.2, -0.15) is 0 Å². The number of carbonyl (C=O) groups is 1. The van der Waals surface area contributed by atoms with Gasteiger partial charge in [-0.1, -0.05) is 45.0 Å². The Kier molecular flexibility index (Phi) is 6.36. The predicted octanol–water partition coefficient (Wildman–Crippen LogP) is 3.53. The number of nitrogens with zero attached hydrogens (tertiary/aromatic N) is 1. The predicted molar refractivity (Wildman–Crippen MR) is 105 cm³/mol. The first kappa shape index (κ1) is 19.4. The summed E-state index contributed by atoms with van der Waals surface area (Å²) in [4.78, 5) is 14.3. The average molecular weight is 359 g/mol. The number of amides is 1. The van der Waals surface area contributed by atoms with Crippen molar-refractivity contribution in [2.24, 2.45) is 5.92 Å². The first-order chi connectivity index (χ1) is 12.5. The van der Waals surface area contributed by atoms with E-state index in [1.807, 2.05) is 13.8 Å². The normalized spacial score (nSPS) is 22.8. The Morgan fingerprint density at radius 3 is 2.46 bits per heavy atom. The lowest BCUT2D eigenvalue weighted by Gasteiger charge is -2.39. The zero-order valence-corrected chi connectivity index (χ0v) is 16.6. The number of benzene rings is 1. The van der Waals surface area contributed by atoms with Crippen LogP contribution in [0.15, 0.2) is 24.3 Å². The van der Waals surface area contributed by atoms with Gasteiger partial charge in [0.1, 0.15) is 0 Å². The number of rotatable bonds is 6. The molecule has 2 aliphatic heterocycles. The number of ether oxygens (including phenoxy) is 1. The molecule has 1 atom stereocenters. The molecule has 1 spiro atoms. The van der Waals surface area contributed by atoms with Crippen LogP contribution in [0.2, 0.25) is 0 Å². The molecule has 0 bridgehead atoms. The van der Waals surface area contributed by atoms with Crippen LogP contribution in [0.4, 0.5) is 0 Å². The molecule has 1 aromatic rings. The highest BCUT2D eigenvalue weighted by Crippen LogP contribution is 2.39. The van der Waals surface area contributed by atoms with Crippen LogP contribution in [0.3, 0.4) is 0 Å². The minimum atomic E-state index is 0.0417. The largest absolute Gasteiger partial charge is 0.370 e. The maximum absolute atomic E-state index is 11.8. The third-order valence-corrected chi connectivity index (χ3v) is 5.97. The molecule has 4 heteroatoms. The molecule has 4 nitrogen and oxygen atoms in total. The van der Waals surface area contributed by atoms with Gasteiger partial charge < -0.3 is 10.1 Å². The number of hydrogen-bond donors (Lipinski definition) is 1. The Labute approximate surface area is 158 Å². The second-order valence-corrected chi connectivity index (χ2v) is 8.31. The molecule has 26 heavy (non-hydrogen) atoms. The number of hydrogen-bond acceptors (Lipinski definition) is 3. The highest BCUT2D eigenvalue weighted by atomic mass is 16.5. The summed E-state index contributed by atoms with van der Waals surface area (Å²) in [5, 5.41) is 3.02. The molecule has 2 aliphatic rings. The standard InChI is InChI=1S/C22H34N2O2/c1-4-18-5-7-19(8-6-18)16-24-13-11-22(12-14-24)10-9-20(26-22)15-23-21(25)17(2)3/h5-8,17,20H,4,9-16H2,1-3H3,(H,23,25)/t20-/m0/s1. The van der Waals surface area contributed by atoms with Crippen molar-refractivity contribution < 1.29 is 9.53 Å². The van der Waals surface area contributed by atoms with Gasteiger partial charge in [0.25, 0.3) is 0 Å². The van der Waals surface area contributed by atoms with Crippen LogP contribution in [-0.4, -0.2) is 42.1 Å². The van der Waals surface area contributed by atoms with Gasteiger partial charge >= 0.3 is 0 Å². The topological polar surface area (TPSA) is 41.6 Å². The van der Waals surface area contributed by atoms with Gasteiger partial charge in [0.15, 0.2) is 0 Å². The van der Waals surface area contributed by atoms with E-state index in [9.17, 15) is 4.79 Å². The van der Waals surface area contributed by atoms with E-state index < -0.39 is 0 Å². The fraction of sp³-hybridized carbons (Fsp3) is 0.682. The van der Waals surface area contributed by atoms with E-state index in [-0.39, 0.29) is 23.5 Å². The molecule has 2 saturated heterocycles. The quantitative estimate of drug-likeness (QED) is 0.846. The van der Waals surface area contributed by atoms with E-state index >= 15 is 0 Å². The van der Waals surface area contributed by atoms with Gasteiger partial charge in [-0.3, -0.25) is 9.69 Å². The monoisotopic (exact) mass is 358 g/mol. The summed E-state index contributed by atoms with van der Waals surface area (Å²) in [6.45, 7) is 9.94. The van der Waals surface area contributed by atoms with Gasteiger partial charge in [0.05, 0.1) is 11.7 Å². The molecule has 0 unspecified atom stereocenters. The molecule has 144 valence electrons. The molecule has 0 radical (unpaired) electrons. The van der Waals surface area contributed by atoms with Crippen LogP contribution in [-0.2, 0) is 22.5 Å². The summed E-state index contributed by atoms with van der Waals surface area (Å²) in [6, 6.07) is 9.03. The van der Waals surface area contributed by atoms with Crippen molar-refractivity contribution in [1.82, 2.24) is 10.2 Å². The Balaban J connectivity index is 1.43. The van der Waals surface area contributed by atoms with E-state index in [4.69, 9.17) is 4.74 Å². The Morgan fingerprint density at radius 2 is 1.85 bits per heavy atom. The molecule has 1 aromatic carbocycles. The Hall–Kier alpha value is -1.39. The third kappa shape index (κ3) is 4.86. The Morgan fingerprint density at radius 1 is 1.19 bits per heavy atom. The molecule has 2 heterocycles. The molecule has 1 amide bonds. The minimum Gasteiger partial charge on any atom is -0.370 e. The van der Waals surface area contributed by atoms with Gasteiger partial charge in [-0.15, -0.1) is 0 Å². The van der Waals surface area contributed by atoms with Crippen molar-refractivity contribution in [3.63, 3.8) is 0 Å². The molecule has 2 fully saturated rings. The third-order valence-electron chi connectivity index (χ3n) is 5.97. The summed E-state index contributed by atoms with van der Waals surface area (Å²) in [7, 11) is 0. The van der Waals surface area contributed by atoms with Gasteiger partial charge in [-0.05, 0) is 43.2 Å². The Bertz CT molecular complexity index is 589. The minimum absolute atomic E-state index is 0.0417. The fourth-order valence-electron chi connectivity index (χ4n) is 4.08. The van der Waals surface area contributed by atoms with Crippen molar-refractivity contribution in [2.75, 3.05) is 19.6 Å². The summed E-state index contributed by atoms with van der Waals surface area (Å²) in [5.41, 5.74) is 2.86. The van der Waals surface area contributed by atoms with Crippen LogP contribution in [0.5, 0.6) is 0 Å². The highest BCUT2D eigenvalue weighted by molar-refractivity contribution is 5.77. The van der Waals surface area contributed by atoms with E-state index in [0.29, 0.717) is 6.54 Å². The summed E-state index contributed by atoms with van der Waals surface area (Å²) < 4.78 is 6.41. The number of piperidine rings is 1. The zero-order valence-electron chi connectivity index (χ0n) is 16.6. The summed E-state index contributed by atoms with van der Waals surface area (Å²) >= 11 is 0. The van der Waals surface area contributed by atoms with Crippen LogP contribution < -0.4 is 5.32 Å². The van der Waals surface area contributed by atoms with E-state index in [0.717, 1.165) is 51.7 Å². The van der Waals surface area contributed by atoms with Crippen molar-refractivity contribution in [1.29, 1.82) is 0 Å². The van der Waals surface area contributed by atoms with Crippen molar-refractivity contribution in [2.45, 2.75) is 71.1 Å². The van der Waals surface area contributed by atoms with Crippen LogP contribution in [0.25, 0.3) is 0 Å². The number of carbonyl (C=O) groups excluding carboxylic acids is 1. The molecular weight excluding hydrogens is 324 g/mol. The average Bonchev–Trinajstić information content (AvgIpc) is 3.05. The molecular formula is C22H34N2O2. The second kappa shape index (κ2) is 8.53. The van der Waals surface area contributed by atoms with Gasteiger partial charge in [0.2, 0.25) is 5.91 Å². The fourth-order valence-corrected chi connectivity index (χ4v) is 4.08. The first-order valence-corrected chi connectivity index (χ1v) is 10.3. The first-order valence-electron chi connectivity index (χ1n) is 10.3. The van der Waals surface area contributed by atoms with Gasteiger partial charge in [-0.25, -0.2) is 0 Å². The molecule has 3 rings (SSSR count). The molecule has 0 saturated carbocycles. The van der Waals surface area contributed by atoms with E-state index in [1.165, 1.54) is 11.1 Å². The molecule has 1 N–H and O–H groups in total. The SMILES string of the molecule is CCc1ccc(CN2CCC3(CC[C@@H](CNC(=O)C(C)C)O3)CC2)cc1. The number of likely N-dealkylation sites (tertiary alicyclic amines) is 1. The summed E-state index contributed by atoms with van der Waals surface area (Å²) in [5.74, 6) is 0.165. The van der Waals surface area contributed by atoms with Crippen molar-refractivity contribution in [3.05, 3.63) is 35.4 Å². The van der Waals surface area contributed by atoms with Gasteiger partial charge in [0, 0.05) is 32.1 Å². The van der Waals surface area contributed by atoms with E-state index in [2.05, 4.69) is 41.4 Å². The lowest BCUT2D eigenvalue weighted by molar-refractivity contribution is -0.125. The molecule has 0 aromatic heterocycles. The number of nitrogens with one attached hydrogen (secondary N) is 1. The smallest absolute Gasteiger partial charge is 0.222 e. The second-order valence-electron chi connectivity index (χ2n) is 8.31. The highest BCUT2D eigenvalue weighted by Gasteiger charge is 2.42. The lowest BCUT2D eigenvalue weighted by Crippen LogP contribution is -2.45. The maximum Gasteiger partial charge on any atom is 0.222 e. The molecule has 0 aliphatic carbocycles. The zero-order chi connectivity index (χ0) is 18.6. The van der Waals surface area contributed by atoms with Crippen LogP contribution >= 0.6 is 0 Å². The van der Waals surface area contributed by atoms with Crippen molar-refractivity contribution in [3.8, 4) is 0 Å². The lowest BCUT2D eigenvalue weighted by atomic mass is 9.88. The maximum atomic E-state index is 11.8. The van der Waals surface area contributed by atoms with Crippen LogP contribution in [0, 0.1) is 5.92 Å². The van der Waals surface area contributed by atoms with E-state index in [1.54, 1.807) is 0 Å². The van der Waals surface area contributed by atoms with Crippen LogP contribution in [0.1, 0.15) is 57.6 Å². The summed E-state index contributed by atoms with van der Waals surface area (Å²) in [6.07, 6.45) is 5.70. The van der Waals surface area contributed by atoms with Crippen molar-refractivity contribution >= 4 is 5.91 Å².